The van der Waals surface area contributed by atoms with Gasteiger partial charge < -0.3 is 20.7 Å². The molecule has 1 fully saturated rings. The quantitative estimate of drug-likeness (QED) is 0.343. The molecule has 1 aliphatic rings. The van der Waals surface area contributed by atoms with E-state index >= 15 is 0 Å². The first-order valence-electron chi connectivity index (χ1n) is 10.7. The molecule has 8 heteroatoms. The van der Waals surface area contributed by atoms with E-state index in [1.54, 1.807) is 6.20 Å². The summed E-state index contributed by atoms with van der Waals surface area (Å²) in [7, 11) is 0. The van der Waals surface area contributed by atoms with Crippen LogP contribution in [0.4, 0.5) is 11.5 Å². The van der Waals surface area contributed by atoms with E-state index in [1.165, 1.54) is 11.3 Å². The fraction of sp³-hybridized carbons (Fsp3) is 0.250. The predicted molar refractivity (Wildman–Crippen MR) is 132 cm³/mol. The molecule has 4 N–H and O–H groups in total. The van der Waals surface area contributed by atoms with Gasteiger partial charge in [-0.25, -0.2) is 9.97 Å². The van der Waals surface area contributed by atoms with Crippen molar-refractivity contribution in [3.05, 3.63) is 54.7 Å². The molecule has 0 spiro atoms. The van der Waals surface area contributed by atoms with Crippen molar-refractivity contribution in [3.8, 4) is 22.4 Å². The highest BCUT2D eigenvalue weighted by molar-refractivity contribution is 7.94. The lowest BCUT2D eigenvalue weighted by molar-refractivity contribution is 0.311. The Morgan fingerprint density at radius 1 is 1.16 bits per heavy atom. The monoisotopic (exact) mass is 464 g/mol. The molecule has 3 aromatic heterocycles. The maximum absolute atomic E-state index is 13.1. The van der Waals surface area contributed by atoms with Crippen LogP contribution in [0.25, 0.3) is 32.6 Å². The van der Waals surface area contributed by atoms with E-state index in [1.807, 2.05) is 36.4 Å². The number of nitrogens with one attached hydrogen (secondary N) is 1. The van der Waals surface area contributed by atoms with Gasteiger partial charge >= 0.3 is 0 Å². The van der Waals surface area contributed by atoms with E-state index in [0.29, 0.717) is 18.1 Å². The van der Waals surface area contributed by atoms with Crippen LogP contribution in [-0.4, -0.2) is 38.0 Å². The highest BCUT2D eigenvalue weighted by atomic mass is 32.2. The summed E-state index contributed by atoms with van der Waals surface area (Å²) in [4.78, 5) is 10.1. The number of nitrogens with zero attached hydrogens (tertiary/aromatic N) is 2. The Hall–Kier alpha value is -2.65. The molecular formula is C24H24N4O2S2. The molecule has 1 saturated carbocycles. The molecule has 6 nitrogen and oxygen atoms in total. The van der Waals surface area contributed by atoms with E-state index in [0.717, 1.165) is 56.1 Å². The molecule has 164 valence electrons. The van der Waals surface area contributed by atoms with Gasteiger partial charge in [0, 0.05) is 34.9 Å². The van der Waals surface area contributed by atoms with Crippen LogP contribution in [0, 0.1) is 0 Å². The van der Waals surface area contributed by atoms with Crippen molar-refractivity contribution in [2.75, 3.05) is 24.2 Å². The van der Waals surface area contributed by atoms with Gasteiger partial charge in [0.15, 0.2) is 0 Å². The molecule has 0 saturated heterocycles. The summed E-state index contributed by atoms with van der Waals surface area (Å²) < 4.78 is 13.9. The first-order chi connectivity index (χ1) is 15.7. The van der Waals surface area contributed by atoms with Crippen molar-refractivity contribution in [2.24, 2.45) is 0 Å². The zero-order valence-corrected chi connectivity index (χ0v) is 19.1. The smallest absolute Gasteiger partial charge is 0.232 e. The van der Waals surface area contributed by atoms with Gasteiger partial charge in [0.05, 0.1) is 12.3 Å². The first-order valence-corrected chi connectivity index (χ1v) is 12.7. The minimum absolute atomic E-state index is 0.0481. The largest absolute Gasteiger partial charge is 0.611 e. The number of fused-ring (bicyclic) bond motifs is 1. The third-order valence-corrected chi connectivity index (χ3v) is 9.06. The Balaban J connectivity index is 1.63. The second kappa shape index (κ2) is 9.07. The summed E-state index contributed by atoms with van der Waals surface area (Å²) >= 11 is 0.349. The molecule has 0 aliphatic heterocycles. The Bertz CT molecular complexity index is 1220. The number of pyridine rings is 2. The second-order valence-corrected chi connectivity index (χ2v) is 10.8. The number of anilines is 2. The van der Waals surface area contributed by atoms with E-state index in [4.69, 9.17) is 15.8 Å². The minimum atomic E-state index is -1.10. The molecule has 1 unspecified atom stereocenters. The standard InChI is InChI=1S/C24H24N4O2S2/c25-22-21-18(15-5-2-1-3-6-15)13-19(16-9-10-20(27-14-16)26-11-12-29)28-23(21)31-24(22)32(30)17-7-4-8-17/h1-3,5-6,9-10,13-14,17,29H,4,7-8,11-12,25H2,(H,26,27). The summed E-state index contributed by atoms with van der Waals surface area (Å²) in [5, 5.41) is 13.1. The van der Waals surface area contributed by atoms with Gasteiger partial charge in [0.2, 0.25) is 4.21 Å². The lowest BCUT2D eigenvalue weighted by Gasteiger charge is -2.27. The Labute approximate surface area is 193 Å². The number of aliphatic hydroxyl groups is 1. The van der Waals surface area contributed by atoms with E-state index in [2.05, 4.69) is 22.4 Å². The topological polar surface area (TPSA) is 107 Å². The number of aliphatic hydroxyl groups excluding tert-OH is 1. The van der Waals surface area contributed by atoms with Crippen LogP contribution in [0.1, 0.15) is 19.3 Å². The molecule has 1 atom stereocenters. The van der Waals surface area contributed by atoms with Crippen molar-refractivity contribution >= 4 is 44.2 Å². The van der Waals surface area contributed by atoms with Gasteiger partial charge in [0.25, 0.3) is 0 Å². The van der Waals surface area contributed by atoms with Crippen LogP contribution in [0.2, 0.25) is 0 Å². The summed E-state index contributed by atoms with van der Waals surface area (Å²) in [5.74, 6) is 0.700. The highest BCUT2D eigenvalue weighted by Crippen LogP contribution is 2.45. The lowest BCUT2D eigenvalue weighted by atomic mass is 10.00. The average molecular weight is 465 g/mol. The molecule has 0 bridgehead atoms. The Morgan fingerprint density at radius 2 is 1.97 bits per heavy atom. The number of aromatic nitrogens is 2. The van der Waals surface area contributed by atoms with Crippen LogP contribution in [0.3, 0.4) is 0 Å². The van der Waals surface area contributed by atoms with E-state index in [-0.39, 0.29) is 11.9 Å². The molecule has 1 aromatic carbocycles. The van der Waals surface area contributed by atoms with E-state index < -0.39 is 11.2 Å². The van der Waals surface area contributed by atoms with Crippen molar-refractivity contribution in [1.29, 1.82) is 0 Å². The number of hydrogen-bond donors (Lipinski definition) is 3. The molecule has 0 amide bonds. The van der Waals surface area contributed by atoms with Gasteiger partial charge in [-0.15, -0.1) is 0 Å². The van der Waals surface area contributed by atoms with Crippen molar-refractivity contribution in [1.82, 2.24) is 9.97 Å². The lowest BCUT2D eigenvalue weighted by Crippen LogP contribution is -2.28. The van der Waals surface area contributed by atoms with Crippen LogP contribution in [0.5, 0.6) is 0 Å². The summed E-state index contributed by atoms with van der Waals surface area (Å²) in [5.41, 5.74) is 10.9. The maximum Gasteiger partial charge on any atom is 0.232 e. The third-order valence-electron chi connectivity index (χ3n) is 5.76. The first kappa shape index (κ1) is 21.2. The van der Waals surface area contributed by atoms with Gasteiger partial charge in [-0.1, -0.05) is 41.7 Å². The SMILES string of the molecule is Nc1c([S+]([O-])C2CCC2)sc2nc(-c3ccc(NCCO)nc3)cc(-c3ccccc3)c12. The van der Waals surface area contributed by atoms with Gasteiger partial charge in [-0.2, -0.15) is 0 Å². The fourth-order valence-corrected chi connectivity index (χ4v) is 7.02. The van der Waals surface area contributed by atoms with Crippen LogP contribution in [-0.2, 0) is 11.2 Å². The van der Waals surface area contributed by atoms with Crippen molar-refractivity contribution in [2.45, 2.75) is 28.7 Å². The Kier molecular flexibility index (Phi) is 6.01. The van der Waals surface area contributed by atoms with Gasteiger partial charge in [0.1, 0.15) is 21.6 Å². The Morgan fingerprint density at radius 3 is 2.62 bits per heavy atom. The zero-order valence-electron chi connectivity index (χ0n) is 17.5. The van der Waals surface area contributed by atoms with Crippen molar-refractivity contribution < 1.29 is 9.66 Å². The third kappa shape index (κ3) is 3.95. The van der Waals surface area contributed by atoms with Crippen LogP contribution < -0.4 is 11.1 Å². The van der Waals surface area contributed by atoms with Gasteiger partial charge in [-0.3, -0.25) is 0 Å². The highest BCUT2D eigenvalue weighted by Gasteiger charge is 2.35. The number of hydrogen-bond acceptors (Lipinski definition) is 7. The predicted octanol–water partition coefficient (Wildman–Crippen LogP) is 4.67. The molecule has 4 aromatic rings. The number of nitrogens with two attached hydrogens (primary N) is 1. The van der Waals surface area contributed by atoms with E-state index in [9.17, 15) is 4.55 Å². The molecular weight excluding hydrogens is 440 g/mol. The zero-order chi connectivity index (χ0) is 22.1. The number of benzene rings is 1. The normalized spacial score (nSPS) is 14.9. The van der Waals surface area contributed by atoms with Crippen LogP contribution >= 0.6 is 11.3 Å². The number of nitrogen functional groups attached to an aromatic ring is 1. The minimum Gasteiger partial charge on any atom is -0.611 e. The second-order valence-electron chi connectivity index (χ2n) is 7.84. The van der Waals surface area contributed by atoms with Gasteiger partial charge in [-0.05, 0) is 48.6 Å². The molecule has 0 radical (unpaired) electrons. The number of rotatable bonds is 7. The fourth-order valence-electron chi connectivity index (χ4n) is 3.81. The van der Waals surface area contributed by atoms with Crippen molar-refractivity contribution in [3.63, 3.8) is 0 Å². The molecule has 3 heterocycles. The molecule has 32 heavy (non-hydrogen) atoms. The molecule has 5 rings (SSSR count). The van der Waals surface area contributed by atoms with Crippen LogP contribution in [0.15, 0.2) is 58.9 Å². The summed E-state index contributed by atoms with van der Waals surface area (Å²) in [6.45, 7) is 0.497. The summed E-state index contributed by atoms with van der Waals surface area (Å²) in [6, 6.07) is 16.0. The average Bonchev–Trinajstić information content (AvgIpc) is 3.13. The maximum atomic E-state index is 13.1. The molecule has 1 aliphatic carbocycles. The summed E-state index contributed by atoms with van der Waals surface area (Å²) in [6.07, 6.45) is 4.89. The number of thiophene rings is 1.